The highest BCUT2D eigenvalue weighted by Crippen LogP contribution is 2.27. The number of carbonyl (C=O) groups excluding carboxylic acids is 2. The van der Waals surface area contributed by atoms with Crippen LogP contribution in [0.3, 0.4) is 0 Å². The van der Waals surface area contributed by atoms with Gasteiger partial charge < -0.3 is 19.6 Å². The van der Waals surface area contributed by atoms with Crippen LogP contribution in [0.25, 0.3) is 0 Å². The Morgan fingerprint density at radius 1 is 0.839 bits per heavy atom. The van der Waals surface area contributed by atoms with Gasteiger partial charge in [0.15, 0.2) is 5.75 Å². The van der Waals surface area contributed by atoms with Gasteiger partial charge in [0.05, 0.1) is 7.11 Å². The smallest absolute Gasteiger partial charge is 0.341 e. The predicted octanol–water partition coefficient (Wildman–Crippen LogP) is 4.03. The summed E-state index contributed by atoms with van der Waals surface area (Å²) in [4.78, 5) is 24.3. The molecule has 0 aliphatic heterocycles. The van der Waals surface area contributed by atoms with Gasteiger partial charge in [-0.05, 0) is 29.8 Å². The lowest BCUT2D eigenvalue weighted by Gasteiger charge is -2.13. The lowest BCUT2D eigenvalue weighted by Crippen LogP contribution is -2.20. The zero-order valence-electron chi connectivity index (χ0n) is 16.6. The van der Waals surface area contributed by atoms with Crippen molar-refractivity contribution < 1.29 is 26.9 Å². The number of methoxy groups -OCH3 is 1. The molecule has 0 atom stereocenters. The lowest BCUT2D eigenvalue weighted by molar-refractivity contribution is 0.0599. The van der Waals surface area contributed by atoms with E-state index in [0.717, 1.165) is 0 Å². The van der Waals surface area contributed by atoms with E-state index in [1.165, 1.54) is 25.3 Å². The van der Waals surface area contributed by atoms with E-state index < -0.39 is 22.1 Å². The van der Waals surface area contributed by atoms with Crippen LogP contribution in [0.2, 0.25) is 0 Å². The molecule has 0 fully saturated rings. The number of benzene rings is 3. The molecule has 8 nitrogen and oxygen atoms in total. The fourth-order valence-electron chi connectivity index (χ4n) is 2.71. The minimum absolute atomic E-state index is 0.0897. The van der Waals surface area contributed by atoms with Gasteiger partial charge >= 0.3 is 22.1 Å². The second-order valence-electron chi connectivity index (χ2n) is 6.42. The van der Waals surface area contributed by atoms with Gasteiger partial charge in [-0.1, -0.05) is 48.5 Å². The molecule has 0 spiro atoms. The van der Waals surface area contributed by atoms with Crippen molar-refractivity contribution in [3.05, 3.63) is 90.0 Å². The van der Waals surface area contributed by atoms with Gasteiger partial charge in [-0.2, -0.15) is 8.42 Å². The number of hydrogen-bond acceptors (Lipinski definition) is 6. The molecule has 3 aromatic rings. The van der Waals surface area contributed by atoms with Gasteiger partial charge in [0.25, 0.3) is 0 Å². The van der Waals surface area contributed by atoms with Gasteiger partial charge in [0, 0.05) is 17.4 Å². The third-order valence-corrected chi connectivity index (χ3v) is 5.20. The molecule has 9 heteroatoms. The van der Waals surface area contributed by atoms with Crippen LogP contribution in [0.1, 0.15) is 15.9 Å². The second kappa shape index (κ2) is 9.77. The zero-order valence-corrected chi connectivity index (χ0v) is 17.4. The van der Waals surface area contributed by atoms with Crippen LogP contribution in [0.5, 0.6) is 5.75 Å². The first kappa shape index (κ1) is 21.8. The van der Waals surface area contributed by atoms with E-state index in [2.05, 4.69) is 10.6 Å². The molecule has 0 saturated carbocycles. The Bertz CT molecular complexity index is 1170. The van der Waals surface area contributed by atoms with Crippen molar-refractivity contribution in [3.63, 3.8) is 0 Å². The Morgan fingerprint density at radius 2 is 1.45 bits per heavy atom. The SMILES string of the molecule is COC(=O)c1ccc(NC(=O)Nc2ccccc2)cc1OS(=O)(=O)Cc1ccccc1. The molecule has 0 heterocycles. The molecule has 0 saturated heterocycles. The molecule has 0 aliphatic rings. The van der Waals surface area contributed by atoms with Crippen molar-refractivity contribution in [1.29, 1.82) is 0 Å². The maximum absolute atomic E-state index is 12.5. The Balaban J connectivity index is 1.81. The standard InChI is InChI=1S/C22H20N2O6S/c1-29-21(25)19-13-12-18(24-22(26)23-17-10-6-3-7-11-17)14-20(19)30-31(27,28)15-16-8-4-2-5-9-16/h2-14H,15H2,1H3,(H2,23,24,26). The van der Waals surface area contributed by atoms with Crippen LogP contribution in [0.15, 0.2) is 78.9 Å². The van der Waals surface area contributed by atoms with E-state index in [1.54, 1.807) is 54.6 Å². The predicted molar refractivity (Wildman–Crippen MR) is 117 cm³/mol. The Morgan fingerprint density at radius 3 is 2.10 bits per heavy atom. The van der Waals surface area contributed by atoms with E-state index in [4.69, 9.17) is 8.92 Å². The fraction of sp³-hybridized carbons (Fsp3) is 0.0909. The number of urea groups is 1. The summed E-state index contributed by atoms with van der Waals surface area (Å²) in [6, 6.07) is 20.7. The summed E-state index contributed by atoms with van der Waals surface area (Å²) in [5.41, 5.74) is 1.24. The van der Waals surface area contributed by atoms with Gasteiger partial charge in [0.1, 0.15) is 11.3 Å². The van der Waals surface area contributed by atoms with E-state index in [9.17, 15) is 18.0 Å². The minimum atomic E-state index is -4.08. The number of ether oxygens (including phenoxy) is 1. The molecule has 3 rings (SSSR count). The molecule has 2 N–H and O–H groups in total. The quantitative estimate of drug-likeness (QED) is 0.424. The Hall–Kier alpha value is -3.85. The molecule has 2 amide bonds. The molecule has 0 bridgehead atoms. The highest BCUT2D eigenvalue weighted by Gasteiger charge is 2.21. The number of nitrogens with one attached hydrogen (secondary N) is 2. The summed E-state index contributed by atoms with van der Waals surface area (Å²) < 4.78 is 35.0. The highest BCUT2D eigenvalue weighted by atomic mass is 32.2. The number of rotatable bonds is 7. The van der Waals surface area contributed by atoms with Crippen molar-refractivity contribution in [3.8, 4) is 5.75 Å². The maximum atomic E-state index is 12.5. The number of hydrogen-bond donors (Lipinski definition) is 2. The van der Waals surface area contributed by atoms with Crippen LogP contribution in [-0.2, 0) is 20.6 Å². The summed E-state index contributed by atoms with van der Waals surface area (Å²) in [7, 11) is -2.91. The first-order valence-electron chi connectivity index (χ1n) is 9.18. The summed E-state index contributed by atoms with van der Waals surface area (Å²) in [5, 5.41) is 5.21. The van der Waals surface area contributed by atoms with Crippen molar-refractivity contribution in [1.82, 2.24) is 0 Å². The number of para-hydroxylation sites is 1. The van der Waals surface area contributed by atoms with E-state index in [-0.39, 0.29) is 22.8 Å². The molecule has 0 unspecified atom stereocenters. The van der Waals surface area contributed by atoms with Crippen LogP contribution < -0.4 is 14.8 Å². The lowest BCUT2D eigenvalue weighted by atomic mass is 10.2. The van der Waals surface area contributed by atoms with Crippen molar-refractivity contribution in [2.45, 2.75) is 5.75 Å². The van der Waals surface area contributed by atoms with E-state index >= 15 is 0 Å². The van der Waals surface area contributed by atoms with Gasteiger partial charge in [-0.3, -0.25) is 0 Å². The summed E-state index contributed by atoms with van der Waals surface area (Å²) >= 11 is 0. The van der Waals surface area contributed by atoms with Gasteiger partial charge in [-0.15, -0.1) is 0 Å². The topological polar surface area (TPSA) is 111 Å². The molecule has 0 aromatic heterocycles. The van der Waals surface area contributed by atoms with Crippen LogP contribution >= 0.6 is 0 Å². The maximum Gasteiger partial charge on any atom is 0.341 e. The number of esters is 1. The molecular weight excluding hydrogens is 420 g/mol. The monoisotopic (exact) mass is 440 g/mol. The normalized spacial score (nSPS) is 10.7. The summed E-state index contributed by atoms with van der Waals surface area (Å²) in [6.07, 6.45) is 0. The van der Waals surface area contributed by atoms with Gasteiger partial charge in [0.2, 0.25) is 0 Å². The average Bonchev–Trinajstić information content (AvgIpc) is 2.74. The highest BCUT2D eigenvalue weighted by molar-refractivity contribution is 7.86. The summed E-state index contributed by atoms with van der Waals surface area (Å²) in [5.74, 6) is -1.41. The minimum Gasteiger partial charge on any atom is -0.465 e. The Kier molecular flexibility index (Phi) is 6.88. The Labute approximate surface area is 179 Å². The van der Waals surface area contributed by atoms with E-state index in [0.29, 0.717) is 11.3 Å². The number of amides is 2. The first-order valence-corrected chi connectivity index (χ1v) is 10.8. The van der Waals surface area contributed by atoms with Crippen LogP contribution in [0.4, 0.5) is 16.2 Å². The molecule has 31 heavy (non-hydrogen) atoms. The fourth-order valence-corrected chi connectivity index (χ4v) is 3.78. The number of anilines is 2. The largest absolute Gasteiger partial charge is 0.465 e. The molecule has 160 valence electrons. The molecule has 0 radical (unpaired) electrons. The van der Waals surface area contributed by atoms with Crippen LogP contribution in [0, 0.1) is 0 Å². The third-order valence-electron chi connectivity index (χ3n) is 4.08. The molecule has 3 aromatic carbocycles. The van der Waals surface area contributed by atoms with Crippen LogP contribution in [-0.4, -0.2) is 27.5 Å². The zero-order chi connectivity index (χ0) is 22.3. The molecule has 0 aliphatic carbocycles. The second-order valence-corrected chi connectivity index (χ2v) is 7.99. The van der Waals surface area contributed by atoms with Gasteiger partial charge in [-0.25, -0.2) is 9.59 Å². The van der Waals surface area contributed by atoms with Crippen molar-refractivity contribution in [2.24, 2.45) is 0 Å². The number of carbonyl (C=O) groups is 2. The van der Waals surface area contributed by atoms with Crippen molar-refractivity contribution >= 4 is 33.5 Å². The first-order chi connectivity index (χ1) is 14.9. The third kappa shape index (κ3) is 6.31. The van der Waals surface area contributed by atoms with Crippen molar-refractivity contribution in [2.75, 3.05) is 17.7 Å². The molecular formula is C22H20N2O6S. The average molecular weight is 440 g/mol. The van der Waals surface area contributed by atoms with E-state index in [1.807, 2.05) is 6.07 Å². The summed E-state index contributed by atoms with van der Waals surface area (Å²) in [6.45, 7) is 0.